The first-order chi connectivity index (χ1) is 9.86. The number of carbonyl (C=O) groups is 1. The van der Waals surface area contributed by atoms with Gasteiger partial charge in [-0.1, -0.05) is 6.07 Å². The third-order valence-electron chi connectivity index (χ3n) is 3.56. The number of halogens is 2. The molecule has 0 atom stereocenters. The molecule has 1 aromatic rings. The maximum absolute atomic E-state index is 13.0. The molecule has 0 aliphatic carbocycles. The molecule has 1 aliphatic rings. The molecule has 21 heavy (non-hydrogen) atoms. The Labute approximate surface area is 121 Å². The number of nitrogens with zero attached hydrogens (tertiary/aromatic N) is 2. The molecule has 0 spiro atoms. The smallest absolute Gasteiger partial charge is 0.252 e. The molecule has 0 radical (unpaired) electrons. The average Bonchev–Trinajstić information content (AvgIpc) is 2.67. The Morgan fingerprint density at radius 1 is 1.48 bits per heavy atom. The molecule has 4 nitrogen and oxygen atoms in total. The number of rotatable bonds is 2. The highest BCUT2D eigenvalue weighted by molar-refractivity contribution is 5.82. The van der Waals surface area contributed by atoms with Gasteiger partial charge in [-0.25, -0.2) is 8.78 Å². The lowest BCUT2D eigenvalue weighted by Gasteiger charge is -2.30. The van der Waals surface area contributed by atoms with E-state index in [1.807, 2.05) is 6.07 Å². The van der Waals surface area contributed by atoms with Crippen LogP contribution in [0.15, 0.2) is 18.2 Å². The second-order valence-corrected chi connectivity index (χ2v) is 5.53. The summed E-state index contributed by atoms with van der Waals surface area (Å²) >= 11 is 0. The fourth-order valence-corrected chi connectivity index (χ4v) is 2.11. The molecule has 0 saturated heterocycles. The fraction of sp³-hybridized carbons (Fsp3) is 0.467. The van der Waals surface area contributed by atoms with Gasteiger partial charge in [0.15, 0.2) is 0 Å². The molecule has 1 aromatic carbocycles. The Morgan fingerprint density at radius 3 is 2.81 bits per heavy atom. The standard InChI is InChI=1S/C15H16F2N2O2/c1-15(2,13(16)17)14(20)19-5-6-21-12-7-10(8-18)3-4-11(12)9-19/h3-4,7,13H,5-6,9H2,1-2H3. The van der Waals surface area contributed by atoms with Crippen molar-refractivity contribution in [2.45, 2.75) is 26.8 Å². The number of carbonyl (C=O) groups excluding carboxylic acids is 1. The number of amides is 1. The van der Waals surface area contributed by atoms with Crippen LogP contribution in [0, 0.1) is 16.7 Å². The zero-order valence-electron chi connectivity index (χ0n) is 11.9. The van der Waals surface area contributed by atoms with Gasteiger partial charge in [0.1, 0.15) is 17.8 Å². The molecule has 112 valence electrons. The summed E-state index contributed by atoms with van der Waals surface area (Å²) in [5.74, 6) is -0.0717. The maximum Gasteiger partial charge on any atom is 0.252 e. The Hall–Kier alpha value is -2.16. The van der Waals surface area contributed by atoms with E-state index in [2.05, 4.69) is 0 Å². The van der Waals surface area contributed by atoms with E-state index in [1.165, 1.54) is 18.7 Å². The summed E-state index contributed by atoms with van der Waals surface area (Å²) in [6, 6.07) is 6.92. The van der Waals surface area contributed by atoms with Crippen LogP contribution in [0.3, 0.4) is 0 Å². The zero-order valence-corrected chi connectivity index (χ0v) is 11.9. The van der Waals surface area contributed by atoms with Gasteiger partial charge in [-0.3, -0.25) is 4.79 Å². The van der Waals surface area contributed by atoms with Crippen molar-refractivity contribution < 1.29 is 18.3 Å². The van der Waals surface area contributed by atoms with Crippen molar-refractivity contribution in [1.82, 2.24) is 4.90 Å². The van der Waals surface area contributed by atoms with Crippen LogP contribution < -0.4 is 4.74 Å². The van der Waals surface area contributed by atoms with Gasteiger partial charge in [0, 0.05) is 12.1 Å². The van der Waals surface area contributed by atoms with Gasteiger partial charge < -0.3 is 9.64 Å². The molecule has 1 amide bonds. The van der Waals surface area contributed by atoms with E-state index in [0.717, 1.165) is 0 Å². The SMILES string of the molecule is CC(C)(C(=O)N1CCOc2cc(C#N)ccc2C1)C(F)F. The number of ether oxygens (including phenoxy) is 1. The zero-order chi connectivity index (χ0) is 15.6. The Bertz CT molecular complexity index is 594. The normalized spacial score (nSPS) is 15.0. The van der Waals surface area contributed by atoms with E-state index in [0.29, 0.717) is 16.9 Å². The van der Waals surface area contributed by atoms with Crippen LogP contribution in [-0.4, -0.2) is 30.4 Å². The van der Waals surface area contributed by atoms with E-state index in [1.54, 1.807) is 18.2 Å². The van der Waals surface area contributed by atoms with Crippen LogP contribution in [0.1, 0.15) is 25.0 Å². The number of nitriles is 1. The monoisotopic (exact) mass is 294 g/mol. The Kier molecular flexibility index (Phi) is 4.12. The van der Waals surface area contributed by atoms with Crippen molar-refractivity contribution in [2.24, 2.45) is 5.41 Å². The summed E-state index contributed by atoms with van der Waals surface area (Å²) in [6.07, 6.45) is -2.73. The summed E-state index contributed by atoms with van der Waals surface area (Å²) < 4.78 is 31.5. The minimum atomic E-state index is -2.73. The van der Waals surface area contributed by atoms with Crippen LogP contribution in [0.25, 0.3) is 0 Å². The summed E-state index contributed by atoms with van der Waals surface area (Å²) in [5, 5.41) is 8.86. The first-order valence-corrected chi connectivity index (χ1v) is 6.59. The molecule has 0 aromatic heterocycles. The van der Waals surface area contributed by atoms with Crippen LogP contribution in [0.5, 0.6) is 5.75 Å². The minimum absolute atomic E-state index is 0.204. The van der Waals surface area contributed by atoms with E-state index in [9.17, 15) is 13.6 Å². The lowest BCUT2D eigenvalue weighted by Crippen LogP contribution is -2.45. The quantitative estimate of drug-likeness (QED) is 0.842. The first-order valence-electron chi connectivity index (χ1n) is 6.59. The van der Waals surface area contributed by atoms with Crippen LogP contribution in [0.2, 0.25) is 0 Å². The van der Waals surface area contributed by atoms with Crippen LogP contribution in [0.4, 0.5) is 8.78 Å². The van der Waals surface area contributed by atoms with Crippen molar-refractivity contribution in [3.8, 4) is 11.8 Å². The molecule has 2 rings (SSSR count). The highest BCUT2D eigenvalue weighted by Crippen LogP contribution is 2.30. The molecule has 0 fully saturated rings. The molecule has 0 saturated carbocycles. The van der Waals surface area contributed by atoms with Gasteiger partial charge in [-0.15, -0.1) is 0 Å². The topological polar surface area (TPSA) is 53.3 Å². The maximum atomic E-state index is 13.0. The lowest BCUT2D eigenvalue weighted by molar-refractivity contribution is -0.149. The number of fused-ring (bicyclic) bond motifs is 1. The number of hydrogen-bond donors (Lipinski definition) is 0. The largest absolute Gasteiger partial charge is 0.491 e. The van der Waals surface area contributed by atoms with E-state index in [-0.39, 0.29) is 19.7 Å². The van der Waals surface area contributed by atoms with Gasteiger partial charge in [-0.05, 0) is 26.0 Å². The number of alkyl halides is 2. The van der Waals surface area contributed by atoms with Crippen molar-refractivity contribution in [3.05, 3.63) is 29.3 Å². The summed E-state index contributed by atoms with van der Waals surface area (Å²) in [7, 11) is 0. The Morgan fingerprint density at radius 2 is 2.19 bits per heavy atom. The summed E-state index contributed by atoms with van der Waals surface area (Å²) in [4.78, 5) is 13.7. The molecule has 1 aliphatic heterocycles. The minimum Gasteiger partial charge on any atom is -0.491 e. The fourth-order valence-electron chi connectivity index (χ4n) is 2.11. The van der Waals surface area contributed by atoms with Crippen molar-refractivity contribution in [3.63, 3.8) is 0 Å². The average molecular weight is 294 g/mol. The van der Waals surface area contributed by atoms with Gasteiger partial charge in [0.05, 0.1) is 18.2 Å². The van der Waals surface area contributed by atoms with Gasteiger partial charge in [-0.2, -0.15) is 5.26 Å². The second kappa shape index (κ2) is 5.68. The number of hydrogen-bond acceptors (Lipinski definition) is 3. The highest BCUT2D eigenvalue weighted by atomic mass is 19.3. The molecule has 0 bridgehead atoms. The summed E-state index contributed by atoms with van der Waals surface area (Å²) in [5.41, 5.74) is -0.553. The van der Waals surface area contributed by atoms with Crippen molar-refractivity contribution >= 4 is 5.91 Å². The lowest BCUT2D eigenvalue weighted by atomic mass is 9.92. The van der Waals surface area contributed by atoms with Crippen LogP contribution in [-0.2, 0) is 11.3 Å². The second-order valence-electron chi connectivity index (χ2n) is 5.53. The number of benzene rings is 1. The molecule has 1 heterocycles. The third-order valence-corrected chi connectivity index (χ3v) is 3.56. The van der Waals surface area contributed by atoms with Crippen molar-refractivity contribution in [1.29, 1.82) is 5.26 Å². The van der Waals surface area contributed by atoms with Gasteiger partial charge in [0.2, 0.25) is 5.91 Å². The van der Waals surface area contributed by atoms with Gasteiger partial charge in [0.25, 0.3) is 6.43 Å². The third kappa shape index (κ3) is 2.97. The molecule has 6 heteroatoms. The van der Waals surface area contributed by atoms with Crippen molar-refractivity contribution in [2.75, 3.05) is 13.2 Å². The van der Waals surface area contributed by atoms with E-state index in [4.69, 9.17) is 10.00 Å². The highest BCUT2D eigenvalue weighted by Gasteiger charge is 2.41. The Balaban J connectivity index is 2.26. The van der Waals surface area contributed by atoms with E-state index >= 15 is 0 Å². The molecule has 0 unspecified atom stereocenters. The van der Waals surface area contributed by atoms with Crippen LogP contribution >= 0.6 is 0 Å². The molecular weight excluding hydrogens is 278 g/mol. The van der Waals surface area contributed by atoms with Gasteiger partial charge >= 0.3 is 0 Å². The molecule has 0 N–H and O–H groups in total. The summed E-state index contributed by atoms with van der Waals surface area (Å²) in [6.45, 7) is 3.14. The molecular formula is C15H16F2N2O2. The first kappa shape index (κ1) is 15.2. The predicted molar refractivity (Wildman–Crippen MR) is 71.9 cm³/mol. The predicted octanol–water partition coefficient (Wildman–Crippen LogP) is 2.57. The van der Waals surface area contributed by atoms with E-state index < -0.39 is 17.7 Å².